The van der Waals surface area contributed by atoms with Gasteiger partial charge in [0.25, 0.3) is 0 Å². The van der Waals surface area contributed by atoms with E-state index in [2.05, 4.69) is 42.3 Å². The minimum Gasteiger partial charge on any atom is -0.497 e. The molecule has 0 radical (unpaired) electrons. The van der Waals surface area contributed by atoms with Crippen molar-refractivity contribution < 1.29 is 4.74 Å². The van der Waals surface area contributed by atoms with Crippen LogP contribution in [-0.2, 0) is 6.54 Å². The molecule has 112 valence electrons. The van der Waals surface area contributed by atoms with Crippen molar-refractivity contribution in [3.8, 4) is 5.75 Å². The maximum atomic E-state index is 5.31. The zero-order valence-electron chi connectivity index (χ0n) is 13.1. The van der Waals surface area contributed by atoms with E-state index in [0.717, 1.165) is 24.8 Å². The zero-order chi connectivity index (χ0) is 14.4. The molecule has 1 aromatic carbocycles. The van der Waals surface area contributed by atoms with E-state index in [1.807, 2.05) is 6.07 Å². The Bertz CT molecular complexity index is 408. The Morgan fingerprint density at radius 2 is 2.30 bits per heavy atom. The molecule has 1 aliphatic rings. The summed E-state index contributed by atoms with van der Waals surface area (Å²) in [5.41, 5.74) is 1.35. The lowest BCUT2D eigenvalue weighted by Gasteiger charge is -2.36. The van der Waals surface area contributed by atoms with E-state index in [1.54, 1.807) is 7.11 Å². The number of piperidine rings is 1. The van der Waals surface area contributed by atoms with Gasteiger partial charge in [-0.25, -0.2) is 0 Å². The van der Waals surface area contributed by atoms with Crippen LogP contribution in [0.3, 0.4) is 0 Å². The quantitative estimate of drug-likeness (QED) is 0.864. The molecule has 0 aliphatic carbocycles. The summed E-state index contributed by atoms with van der Waals surface area (Å²) in [6, 6.07) is 9.05. The molecular weight excluding hydrogens is 248 g/mol. The van der Waals surface area contributed by atoms with Crippen molar-refractivity contribution in [1.29, 1.82) is 0 Å². The fourth-order valence-electron chi connectivity index (χ4n) is 3.16. The summed E-state index contributed by atoms with van der Waals surface area (Å²) in [5, 5.41) is 3.57. The van der Waals surface area contributed by atoms with Crippen LogP contribution in [0.4, 0.5) is 0 Å². The molecule has 1 N–H and O–H groups in total. The van der Waals surface area contributed by atoms with E-state index < -0.39 is 0 Å². The highest BCUT2D eigenvalue weighted by molar-refractivity contribution is 5.28. The molecule has 0 bridgehead atoms. The summed E-state index contributed by atoms with van der Waals surface area (Å²) in [7, 11) is 1.73. The Balaban J connectivity index is 1.92. The smallest absolute Gasteiger partial charge is 0.119 e. The molecule has 1 saturated heterocycles. The Kier molecular flexibility index (Phi) is 5.86. The van der Waals surface area contributed by atoms with Crippen LogP contribution in [0.5, 0.6) is 5.75 Å². The number of likely N-dealkylation sites (tertiary alicyclic amines) is 1. The van der Waals surface area contributed by atoms with Gasteiger partial charge < -0.3 is 10.1 Å². The Morgan fingerprint density at radius 3 is 3.05 bits per heavy atom. The lowest BCUT2D eigenvalue weighted by molar-refractivity contribution is 0.145. The predicted molar refractivity (Wildman–Crippen MR) is 84.1 cm³/mol. The molecule has 1 aromatic rings. The molecule has 0 aromatic heterocycles. The summed E-state index contributed by atoms with van der Waals surface area (Å²) in [6.45, 7) is 9.02. The average Bonchev–Trinajstić information content (AvgIpc) is 2.48. The lowest BCUT2D eigenvalue weighted by Crippen LogP contribution is -2.44. The summed E-state index contributed by atoms with van der Waals surface area (Å²) in [5.74, 6) is 1.73. The van der Waals surface area contributed by atoms with Crippen molar-refractivity contribution in [2.75, 3.05) is 26.7 Å². The highest BCUT2D eigenvalue weighted by atomic mass is 16.5. The molecule has 0 saturated carbocycles. The van der Waals surface area contributed by atoms with E-state index >= 15 is 0 Å². The largest absolute Gasteiger partial charge is 0.497 e. The van der Waals surface area contributed by atoms with Crippen molar-refractivity contribution in [2.24, 2.45) is 5.92 Å². The van der Waals surface area contributed by atoms with Gasteiger partial charge in [-0.1, -0.05) is 19.1 Å². The summed E-state index contributed by atoms with van der Waals surface area (Å²) in [6.07, 6.45) is 2.66. The first-order valence-electron chi connectivity index (χ1n) is 7.81. The van der Waals surface area contributed by atoms with E-state index in [0.29, 0.717) is 6.04 Å². The van der Waals surface area contributed by atoms with E-state index in [-0.39, 0.29) is 0 Å². The van der Waals surface area contributed by atoms with E-state index in [9.17, 15) is 0 Å². The maximum absolute atomic E-state index is 5.31. The van der Waals surface area contributed by atoms with Crippen LogP contribution in [0, 0.1) is 5.92 Å². The molecule has 2 rings (SSSR count). The Labute approximate surface area is 123 Å². The van der Waals surface area contributed by atoms with E-state index in [4.69, 9.17) is 4.74 Å². The molecule has 0 spiro atoms. The second kappa shape index (κ2) is 7.65. The molecule has 0 amide bonds. The fraction of sp³-hybridized carbons (Fsp3) is 0.647. The van der Waals surface area contributed by atoms with Gasteiger partial charge in [0.15, 0.2) is 0 Å². The number of rotatable bonds is 6. The van der Waals surface area contributed by atoms with Crippen LogP contribution in [-0.4, -0.2) is 37.7 Å². The third kappa shape index (κ3) is 4.22. The molecule has 1 heterocycles. The van der Waals surface area contributed by atoms with Gasteiger partial charge in [0.1, 0.15) is 5.75 Å². The van der Waals surface area contributed by atoms with Crippen LogP contribution in [0.15, 0.2) is 24.3 Å². The minimum atomic E-state index is 0.619. The summed E-state index contributed by atoms with van der Waals surface area (Å²) < 4.78 is 5.31. The number of nitrogens with one attached hydrogen (secondary N) is 1. The molecule has 3 heteroatoms. The van der Waals surface area contributed by atoms with Gasteiger partial charge in [-0.2, -0.15) is 0 Å². The topological polar surface area (TPSA) is 24.5 Å². The molecule has 1 aliphatic heterocycles. The number of hydrogen-bond acceptors (Lipinski definition) is 3. The number of hydrogen-bond donors (Lipinski definition) is 1. The monoisotopic (exact) mass is 276 g/mol. The van der Waals surface area contributed by atoms with Crippen LogP contribution in [0.25, 0.3) is 0 Å². The number of nitrogens with zero attached hydrogens (tertiary/aromatic N) is 1. The van der Waals surface area contributed by atoms with Crippen molar-refractivity contribution in [3.05, 3.63) is 29.8 Å². The van der Waals surface area contributed by atoms with Crippen LogP contribution < -0.4 is 10.1 Å². The van der Waals surface area contributed by atoms with Gasteiger partial charge >= 0.3 is 0 Å². The molecule has 20 heavy (non-hydrogen) atoms. The third-order valence-corrected chi connectivity index (χ3v) is 4.32. The second-order valence-electron chi connectivity index (χ2n) is 5.84. The van der Waals surface area contributed by atoms with Gasteiger partial charge in [-0.05, 0) is 56.5 Å². The molecule has 2 unspecified atom stereocenters. The average molecular weight is 276 g/mol. The lowest BCUT2D eigenvalue weighted by atomic mass is 9.91. The van der Waals surface area contributed by atoms with Gasteiger partial charge in [-0.15, -0.1) is 0 Å². The van der Waals surface area contributed by atoms with Gasteiger partial charge in [-0.3, -0.25) is 4.90 Å². The van der Waals surface area contributed by atoms with Gasteiger partial charge in [0.05, 0.1) is 7.11 Å². The SMILES string of the molecule is CCNC(C)C1CCCN(Cc2cccc(OC)c2)C1. The first-order valence-corrected chi connectivity index (χ1v) is 7.81. The summed E-state index contributed by atoms with van der Waals surface area (Å²) in [4.78, 5) is 2.58. The Morgan fingerprint density at radius 1 is 1.45 bits per heavy atom. The normalized spacial score (nSPS) is 21.6. The first-order chi connectivity index (χ1) is 9.72. The molecule has 3 nitrogen and oxygen atoms in total. The maximum Gasteiger partial charge on any atom is 0.119 e. The van der Waals surface area contributed by atoms with Crippen LogP contribution >= 0.6 is 0 Å². The minimum absolute atomic E-state index is 0.619. The highest BCUT2D eigenvalue weighted by Crippen LogP contribution is 2.22. The Hall–Kier alpha value is -1.06. The fourth-order valence-corrected chi connectivity index (χ4v) is 3.16. The van der Waals surface area contributed by atoms with Gasteiger partial charge in [0.2, 0.25) is 0 Å². The molecular formula is C17H28N2O. The van der Waals surface area contributed by atoms with Gasteiger partial charge in [0, 0.05) is 19.1 Å². The van der Waals surface area contributed by atoms with E-state index in [1.165, 1.54) is 31.5 Å². The van der Waals surface area contributed by atoms with Crippen LogP contribution in [0.2, 0.25) is 0 Å². The predicted octanol–water partition coefficient (Wildman–Crippen LogP) is 2.91. The number of benzene rings is 1. The van der Waals surface area contributed by atoms with Crippen molar-refractivity contribution in [2.45, 2.75) is 39.3 Å². The highest BCUT2D eigenvalue weighted by Gasteiger charge is 2.24. The van der Waals surface area contributed by atoms with Crippen molar-refractivity contribution >= 4 is 0 Å². The second-order valence-corrected chi connectivity index (χ2v) is 5.84. The van der Waals surface area contributed by atoms with Crippen LogP contribution in [0.1, 0.15) is 32.3 Å². The molecule has 1 fully saturated rings. The molecule has 2 atom stereocenters. The summed E-state index contributed by atoms with van der Waals surface area (Å²) >= 11 is 0. The first kappa shape index (κ1) is 15.3. The van der Waals surface area contributed by atoms with Crippen molar-refractivity contribution in [1.82, 2.24) is 10.2 Å². The third-order valence-electron chi connectivity index (χ3n) is 4.32. The standard InChI is InChI=1S/C17H28N2O/c1-4-18-14(2)16-8-6-10-19(13-16)12-15-7-5-9-17(11-15)20-3/h5,7,9,11,14,16,18H,4,6,8,10,12-13H2,1-3H3. The number of methoxy groups -OCH3 is 1. The van der Waals surface area contributed by atoms with Crippen molar-refractivity contribution in [3.63, 3.8) is 0 Å². The number of ether oxygens (including phenoxy) is 1. The zero-order valence-corrected chi connectivity index (χ0v) is 13.1.